The molecule has 4 heteroatoms. The summed E-state index contributed by atoms with van der Waals surface area (Å²) in [5.41, 5.74) is 1.10. The zero-order valence-corrected chi connectivity index (χ0v) is 12.1. The molecule has 2 nitrogen and oxygen atoms in total. The molecule has 0 atom stereocenters. The second-order valence-electron chi connectivity index (χ2n) is 3.91. The van der Waals surface area contributed by atoms with Crippen molar-refractivity contribution < 1.29 is 9.90 Å². The van der Waals surface area contributed by atoms with E-state index in [-0.39, 0.29) is 11.5 Å². The molecule has 19 heavy (non-hydrogen) atoms. The fraction of sp³-hybridized carbons (Fsp3) is 0. The van der Waals surface area contributed by atoms with Crippen LogP contribution in [0.25, 0.3) is 6.08 Å². The fourth-order valence-electron chi connectivity index (χ4n) is 1.53. The molecule has 0 aliphatic rings. The zero-order valence-electron chi connectivity index (χ0n) is 9.81. The van der Waals surface area contributed by atoms with Crippen LogP contribution in [0.2, 0.25) is 5.02 Å². The van der Waals surface area contributed by atoms with E-state index in [1.165, 1.54) is 12.1 Å². The Morgan fingerprint density at radius 2 is 1.84 bits per heavy atom. The molecule has 0 amide bonds. The topological polar surface area (TPSA) is 37.3 Å². The average Bonchev–Trinajstić information content (AvgIpc) is 2.40. The number of ketones is 1. The van der Waals surface area contributed by atoms with Crippen LogP contribution in [0.15, 0.2) is 53.0 Å². The molecule has 96 valence electrons. The summed E-state index contributed by atoms with van der Waals surface area (Å²) in [6.07, 6.45) is 2.96. The Morgan fingerprint density at radius 3 is 2.53 bits per heavy atom. The van der Waals surface area contributed by atoms with Gasteiger partial charge in [0.2, 0.25) is 0 Å². The van der Waals surface area contributed by atoms with E-state index in [2.05, 4.69) is 15.9 Å². The number of carbonyl (C=O) groups is 1. The van der Waals surface area contributed by atoms with E-state index in [4.69, 9.17) is 11.6 Å². The lowest BCUT2D eigenvalue weighted by molar-refractivity contribution is 0.104. The van der Waals surface area contributed by atoms with Crippen LogP contribution in [0.5, 0.6) is 5.75 Å². The van der Waals surface area contributed by atoms with E-state index in [1.807, 2.05) is 0 Å². The van der Waals surface area contributed by atoms with Gasteiger partial charge in [-0.25, -0.2) is 0 Å². The highest BCUT2D eigenvalue weighted by Gasteiger charge is 2.03. The summed E-state index contributed by atoms with van der Waals surface area (Å²) in [7, 11) is 0. The Labute approximate surface area is 124 Å². The quantitative estimate of drug-likeness (QED) is 0.651. The van der Waals surface area contributed by atoms with Crippen molar-refractivity contribution in [3.63, 3.8) is 0 Å². The Balaban J connectivity index is 2.20. The van der Waals surface area contributed by atoms with E-state index in [9.17, 15) is 9.90 Å². The van der Waals surface area contributed by atoms with Gasteiger partial charge in [-0.3, -0.25) is 4.79 Å². The van der Waals surface area contributed by atoms with Crippen molar-refractivity contribution in [2.24, 2.45) is 0 Å². The summed E-state index contributed by atoms with van der Waals surface area (Å²) in [5, 5.41) is 10.1. The number of allylic oxidation sites excluding steroid dienone is 1. The molecular formula is C15H10BrClO2. The van der Waals surface area contributed by atoms with E-state index >= 15 is 0 Å². The molecule has 0 bridgehead atoms. The van der Waals surface area contributed by atoms with Crippen molar-refractivity contribution in [2.45, 2.75) is 0 Å². The van der Waals surface area contributed by atoms with Gasteiger partial charge in [0.15, 0.2) is 5.78 Å². The maximum atomic E-state index is 11.9. The zero-order chi connectivity index (χ0) is 13.8. The third kappa shape index (κ3) is 3.69. The van der Waals surface area contributed by atoms with Crippen molar-refractivity contribution in [3.8, 4) is 5.75 Å². The first kappa shape index (κ1) is 13.8. The highest BCUT2D eigenvalue weighted by molar-refractivity contribution is 9.10. The van der Waals surface area contributed by atoms with Crippen LogP contribution in [0.4, 0.5) is 0 Å². The first-order chi connectivity index (χ1) is 9.06. The monoisotopic (exact) mass is 336 g/mol. The second-order valence-corrected chi connectivity index (χ2v) is 5.26. The Bertz CT molecular complexity index is 633. The van der Waals surface area contributed by atoms with Crippen LogP contribution in [0.3, 0.4) is 0 Å². The van der Waals surface area contributed by atoms with Crippen LogP contribution in [0, 0.1) is 0 Å². The third-order valence-corrected chi connectivity index (χ3v) is 3.30. The lowest BCUT2D eigenvalue weighted by Gasteiger charge is -1.99. The van der Waals surface area contributed by atoms with Gasteiger partial charge in [-0.05, 0) is 54.6 Å². The van der Waals surface area contributed by atoms with Crippen molar-refractivity contribution in [2.75, 3.05) is 0 Å². The highest BCUT2D eigenvalue weighted by Crippen LogP contribution is 2.23. The summed E-state index contributed by atoms with van der Waals surface area (Å²) in [6.45, 7) is 0. The van der Waals surface area contributed by atoms with Gasteiger partial charge >= 0.3 is 0 Å². The molecule has 0 radical (unpaired) electrons. The minimum Gasteiger partial charge on any atom is -0.507 e. The number of phenols is 1. The standard InChI is InChI=1S/C15H10BrClO2/c16-12-4-1-10(2-5-12)14(18)7-3-11-9-13(17)6-8-15(11)19/h1-9,19H/b7-3+. The van der Waals surface area contributed by atoms with Gasteiger partial charge in [-0.1, -0.05) is 27.5 Å². The molecule has 0 unspecified atom stereocenters. The van der Waals surface area contributed by atoms with Gasteiger partial charge in [-0.15, -0.1) is 0 Å². The molecule has 0 saturated heterocycles. The molecule has 1 N–H and O–H groups in total. The smallest absolute Gasteiger partial charge is 0.185 e. The molecule has 2 aromatic rings. The molecule has 2 aromatic carbocycles. The molecule has 0 saturated carbocycles. The molecule has 0 aliphatic heterocycles. The van der Waals surface area contributed by atoms with Gasteiger partial charge < -0.3 is 5.11 Å². The van der Waals surface area contributed by atoms with Crippen molar-refractivity contribution in [1.29, 1.82) is 0 Å². The maximum absolute atomic E-state index is 11.9. The number of hydrogen-bond donors (Lipinski definition) is 1. The molecule has 2 rings (SSSR count). The van der Waals surface area contributed by atoms with Gasteiger partial charge in [0, 0.05) is 20.6 Å². The van der Waals surface area contributed by atoms with Gasteiger partial charge in [0.05, 0.1) is 0 Å². The Morgan fingerprint density at radius 1 is 1.16 bits per heavy atom. The van der Waals surface area contributed by atoms with Crippen LogP contribution in [-0.4, -0.2) is 10.9 Å². The SMILES string of the molecule is O=C(/C=C/c1cc(Cl)ccc1O)c1ccc(Br)cc1. The fourth-order valence-corrected chi connectivity index (χ4v) is 1.98. The van der Waals surface area contributed by atoms with E-state index in [0.717, 1.165) is 4.47 Å². The average molecular weight is 338 g/mol. The number of carbonyl (C=O) groups excluding carboxylic acids is 1. The maximum Gasteiger partial charge on any atom is 0.185 e. The first-order valence-corrected chi connectivity index (χ1v) is 6.70. The molecule has 0 aliphatic carbocycles. The van der Waals surface area contributed by atoms with Gasteiger partial charge in [-0.2, -0.15) is 0 Å². The highest BCUT2D eigenvalue weighted by atomic mass is 79.9. The predicted molar refractivity (Wildman–Crippen MR) is 80.6 cm³/mol. The molecule has 0 aromatic heterocycles. The number of aromatic hydroxyl groups is 1. The predicted octanol–water partition coefficient (Wildman–Crippen LogP) is 4.70. The lowest BCUT2D eigenvalue weighted by atomic mass is 10.1. The van der Waals surface area contributed by atoms with E-state index in [1.54, 1.807) is 42.5 Å². The second kappa shape index (κ2) is 6.04. The minimum atomic E-state index is -0.133. The Hall–Kier alpha value is -1.58. The van der Waals surface area contributed by atoms with Crippen LogP contribution < -0.4 is 0 Å². The molecular weight excluding hydrogens is 328 g/mol. The number of phenolic OH excluding ortho intramolecular Hbond substituents is 1. The van der Waals surface area contributed by atoms with Crippen molar-refractivity contribution in [1.82, 2.24) is 0 Å². The lowest BCUT2D eigenvalue weighted by Crippen LogP contribution is -1.93. The molecule has 0 fully saturated rings. The first-order valence-electron chi connectivity index (χ1n) is 5.53. The summed E-state index contributed by atoms with van der Waals surface area (Å²) < 4.78 is 0.917. The largest absolute Gasteiger partial charge is 0.507 e. The number of rotatable bonds is 3. The third-order valence-electron chi connectivity index (χ3n) is 2.53. The van der Waals surface area contributed by atoms with E-state index < -0.39 is 0 Å². The summed E-state index contributed by atoms with van der Waals surface area (Å²) in [6, 6.07) is 11.7. The normalized spacial score (nSPS) is 10.8. The summed E-state index contributed by atoms with van der Waals surface area (Å²) in [5.74, 6) is -0.0452. The summed E-state index contributed by atoms with van der Waals surface area (Å²) >= 11 is 9.14. The van der Waals surface area contributed by atoms with Crippen LogP contribution >= 0.6 is 27.5 Å². The van der Waals surface area contributed by atoms with Crippen LogP contribution in [-0.2, 0) is 0 Å². The number of halogens is 2. The number of hydrogen-bond acceptors (Lipinski definition) is 2. The van der Waals surface area contributed by atoms with Gasteiger partial charge in [0.1, 0.15) is 5.75 Å². The Kier molecular flexibility index (Phi) is 4.40. The molecule has 0 heterocycles. The number of benzene rings is 2. The van der Waals surface area contributed by atoms with Crippen molar-refractivity contribution >= 4 is 39.4 Å². The minimum absolute atomic E-state index is 0.0873. The van der Waals surface area contributed by atoms with E-state index in [0.29, 0.717) is 16.1 Å². The molecule has 0 spiro atoms. The summed E-state index contributed by atoms with van der Waals surface area (Å²) in [4.78, 5) is 11.9. The van der Waals surface area contributed by atoms with Gasteiger partial charge in [0.25, 0.3) is 0 Å². The van der Waals surface area contributed by atoms with Crippen molar-refractivity contribution in [3.05, 3.63) is 69.2 Å². The van der Waals surface area contributed by atoms with Crippen LogP contribution in [0.1, 0.15) is 15.9 Å².